The van der Waals surface area contributed by atoms with E-state index in [0.717, 1.165) is 81.3 Å². The predicted molar refractivity (Wildman–Crippen MR) is 220 cm³/mol. The second-order valence-corrected chi connectivity index (χ2v) is 19.6. The summed E-state index contributed by atoms with van der Waals surface area (Å²) in [4.78, 5) is 71.9. The van der Waals surface area contributed by atoms with Crippen LogP contribution in [0.5, 0.6) is 0 Å². The smallest absolute Gasteiger partial charge is 0.407 e. The number of fused-ring (bicyclic) bond motifs is 5. The Hall–Kier alpha value is -4.30. The summed E-state index contributed by atoms with van der Waals surface area (Å²) in [6, 6.07) is 6.83. The number of likely N-dealkylation sites (tertiary alicyclic amines) is 2. The maximum Gasteiger partial charge on any atom is 0.407 e. The molecular weight excluding hydrogens is 795 g/mol. The van der Waals surface area contributed by atoms with Crippen LogP contribution in [0.3, 0.4) is 0 Å². The average molecular weight is 850 g/mol. The van der Waals surface area contributed by atoms with Crippen LogP contribution in [0.15, 0.2) is 24.3 Å². The Bertz CT molecular complexity index is 2140. The van der Waals surface area contributed by atoms with Gasteiger partial charge >= 0.3 is 12.2 Å². The molecule has 3 aromatic rings. The molecule has 4 amide bonds. The number of imidazole rings is 2. The van der Waals surface area contributed by atoms with Crippen molar-refractivity contribution in [1.82, 2.24) is 40.4 Å². The lowest BCUT2D eigenvalue weighted by Gasteiger charge is -2.53. The number of methoxy groups -OCH3 is 1. The fourth-order valence-electron chi connectivity index (χ4n) is 11.3. The molecule has 8 atom stereocenters. The highest BCUT2D eigenvalue weighted by Crippen LogP contribution is 2.60. The molecule has 5 saturated carbocycles. The molecule has 2 aromatic heterocycles. The lowest BCUT2D eigenvalue weighted by Crippen LogP contribution is -2.52. The molecule has 59 heavy (non-hydrogen) atoms. The minimum Gasteiger partial charge on any atom is -0.465 e. The van der Waals surface area contributed by atoms with E-state index >= 15 is 0 Å². The van der Waals surface area contributed by atoms with Gasteiger partial charge in [-0.1, -0.05) is 75.2 Å². The Morgan fingerprint density at radius 2 is 1.24 bits per heavy atom. The summed E-state index contributed by atoms with van der Waals surface area (Å²) in [5.74, 6) is 1.52. The van der Waals surface area contributed by atoms with E-state index in [9.17, 15) is 24.3 Å². The van der Waals surface area contributed by atoms with Crippen LogP contribution in [0, 0.1) is 23.7 Å². The van der Waals surface area contributed by atoms with Gasteiger partial charge in [0, 0.05) is 23.1 Å². The van der Waals surface area contributed by atoms with Gasteiger partial charge in [-0.3, -0.25) is 9.59 Å². The monoisotopic (exact) mass is 848 g/mol. The Balaban J connectivity index is 0.886. The Morgan fingerprint density at radius 1 is 0.746 bits per heavy atom. The van der Waals surface area contributed by atoms with E-state index in [2.05, 4.69) is 44.9 Å². The van der Waals surface area contributed by atoms with Crippen molar-refractivity contribution >= 4 is 47.2 Å². The number of hydrogen-bond acceptors (Lipinski definition) is 7. The van der Waals surface area contributed by atoms with Crippen molar-refractivity contribution < 1.29 is 29.0 Å². The fourth-order valence-corrected chi connectivity index (χ4v) is 11.9. The number of benzene rings is 1. The largest absolute Gasteiger partial charge is 0.465 e. The zero-order valence-electron chi connectivity index (χ0n) is 34.2. The van der Waals surface area contributed by atoms with Gasteiger partial charge in [0.1, 0.15) is 23.7 Å². The van der Waals surface area contributed by atoms with Crippen LogP contribution >= 0.6 is 23.2 Å². The minimum absolute atomic E-state index is 0.0513. The normalized spacial score (nSPS) is 31.2. The van der Waals surface area contributed by atoms with Crippen molar-refractivity contribution in [1.29, 1.82) is 0 Å². The molecule has 0 spiro atoms. The third-order valence-corrected chi connectivity index (χ3v) is 15.4. The highest BCUT2D eigenvalue weighted by molar-refractivity contribution is 6.32. The molecule has 14 nitrogen and oxygen atoms in total. The van der Waals surface area contributed by atoms with Crippen LogP contribution in [-0.4, -0.2) is 90.1 Å². The molecule has 4 heterocycles. The van der Waals surface area contributed by atoms with Crippen LogP contribution in [0.25, 0.3) is 11.3 Å². The summed E-state index contributed by atoms with van der Waals surface area (Å²) in [6.45, 7) is 7.53. The summed E-state index contributed by atoms with van der Waals surface area (Å²) in [6.07, 6.45) is 7.61. The van der Waals surface area contributed by atoms with Crippen LogP contribution in [0.2, 0.25) is 10.3 Å². The van der Waals surface area contributed by atoms with Crippen LogP contribution in [0.4, 0.5) is 9.59 Å². The number of amides is 4. The van der Waals surface area contributed by atoms with E-state index < -0.39 is 24.3 Å². The number of aromatic amines is 2. The number of piperidine rings is 2. The summed E-state index contributed by atoms with van der Waals surface area (Å²) >= 11 is 13.8. The summed E-state index contributed by atoms with van der Waals surface area (Å²) < 4.78 is 4.83. The standard InChI is InChI=1S/C43H54Cl2N8O6/c1-20(2)30(47-40(56)57)38(54)52-26-16-23(26)18-28(52)36-46-32(34(44)50-36)22-6-8-25(9-7-22)42-10-13-43(14-11-42,15-12-42)33-35(45)51-37(49-33)29-19-24-17-27(24)53(29)39(55)31(21(3)4)48-41(58)59-5/h6-9,20-21,23-24,26-31,47H,10-19H2,1-5H3,(H,46,50)(H,48,58)(H,49,51)(H,56,57)/t23-,24-,26-,27-,28+,29+,30+,31+,42?,43?/m1/s1. The van der Waals surface area contributed by atoms with Crippen LogP contribution < -0.4 is 10.6 Å². The molecule has 316 valence electrons. The van der Waals surface area contributed by atoms with Crippen molar-refractivity contribution in [3.63, 3.8) is 0 Å². The summed E-state index contributed by atoms with van der Waals surface area (Å²) in [5.41, 5.74) is 3.86. The van der Waals surface area contributed by atoms with Gasteiger partial charge in [0.05, 0.1) is 30.6 Å². The molecule has 1 aromatic carbocycles. The zero-order valence-corrected chi connectivity index (χ0v) is 35.7. The Labute approximate surface area is 353 Å². The van der Waals surface area contributed by atoms with E-state index in [4.69, 9.17) is 37.9 Å². The van der Waals surface area contributed by atoms with Gasteiger partial charge in [0.2, 0.25) is 11.8 Å². The van der Waals surface area contributed by atoms with Gasteiger partial charge in [0.25, 0.3) is 0 Å². The molecule has 5 aliphatic carbocycles. The lowest BCUT2D eigenvalue weighted by molar-refractivity contribution is -0.137. The van der Waals surface area contributed by atoms with Gasteiger partial charge in [-0.2, -0.15) is 0 Å². The third kappa shape index (κ3) is 6.86. The molecule has 7 aliphatic rings. The van der Waals surface area contributed by atoms with E-state index in [1.807, 2.05) is 37.5 Å². The first-order chi connectivity index (χ1) is 28.1. The highest BCUT2D eigenvalue weighted by atomic mass is 35.5. The molecule has 0 radical (unpaired) electrons. The van der Waals surface area contributed by atoms with Gasteiger partial charge in [-0.05, 0) is 98.9 Å². The second kappa shape index (κ2) is 14.7. The van der Waals surface area contributed by atoms with Gasteiger partial charge in [-0.25, -0.2) is 19.6 Å². The number of nitrogens with zero attached hydrogens (tertiary/aromatic N) is 4. The van der Waals surface area contributed by atoms with Gasteiger partial charge < -0.3 is 40.2 Å². The number of nitrogens with one attached hydrogen (secondary N) is 4. The molecule has 2 saturated heterocycles. The molecule has 5 N–H and O–H groups in total. The second-order valence-electron chi connectivity index (χ2n) is 18.9. The van der Waals surface area contributed by atoms with E-state index in [-0.39, 0.29) is 58.6 Å². The number of rotatable bonds is 11. The van der Waals surface area contributed by atoms with E-state index in [0.29, 0.717) is 33.7 Å². The van der Waals surface area contributed by atoms with E-state index in [1.165, 1.54) is 12.7 Å². The summed E-state index contributed by atoms with van der Waals surface area (Å²) in [7, 11) is 1.30. The number of ether oxygens (including phenoxy) is 1. The quantitative estimate of drug-likeness (QED) is 0.130. The third-order valence-electron chi connectivity index (χ3n) is 14.9. The van der Waals surface area contributed by atoms with Crippen LogP contribution in [0.1, 0.15) is 127 Å². The van der Waals surface area contributed by atoms with E-state index in [1.54, 1.807) is 0 Å². The van der Waals surface area contributed by atoms with Gasteiger partial charge in [0.15, 0.2) is 10.3 Å². The number of carboxylic acid groups (broad SMARTS) is 1. The number of halogens is 2. The van der Waals surface area contributed by atoms with Crippen molar-refractivity contribution in [2.24, 2.45) is 23.7 Å². The molecule has 16 heteroatoms. The minimum atomic E-state index is -1.21. The number of H-pyrrole nitrogens is 2. The first kappa shape index (κ1) is 40.1. The number of aromatic nitrogens is 4. The maximum atomic E-state index is 14.0. The fraction of sp³-hybridized carbons (Fsp3) is 0.628. The SMILES string of the molecule is COC(=O)N[C@H](C(=O)N1[C@@H]2C[C@@H]2C[C@H]1c1nc(Cl)c(C23CCC(c4ccc(-c5[nH]c([C@@H]6C[C@H]7C[C@H]7N6C(=O)[C@@H](NC(=O)O)C(C)C)nc5Cl)cc4)(CC2)CC3)[nH]1)C(C)C. The first-order valence-corrected chi connectivity index (χ1v) is 22.0. The zero-order chi connectivity index (χ0) is 41.7. The number of hydrogen-bond donors (Lipinski definition) is 5. The van der Waals surface area contributed by atoms with Crippen molar-refractivity contribution in [3.05, 3.63) is 57.5 Å². The number of carbonyl (C=O) groups excluding carboxylic acids is 3. The van der Waals surface area contributed by atoms with Crippen molar-refractivity contribution in [3.8, 4) is 11.3 Å². The Kier molecular flexibility index (Phi) is 10.0. The highest BCUT2D eigenvalue weighted by Gasteiger charge is 2.58. The number of alkyl carbamates (subject to hydrolysis) is 1. The topological polar surface area (TPSA) is 186 Å². The lowest BCUT2D eigenvalue weighted by atomic mass is 9.51. The molecular formula is C43H54Cl2N8O6. The number of carbonyl (C=O) groups is 4. The van der Waals surface area contributed by atoms with Crippen molar-refractivity contribution in [2.75, 3.05) is 7.11 Å². The Morgan fingerprint density at radius 3 is 1.75 bits per heavy atom. The van der Waals surface area contributed by atoms with Gasteiger partial charge in [-0.15, -0.1) is 0 Å². The first-order valence-electron chi connectivity index (χ1n) is 21.2. The predicted octanol–water partition coefficient (Wildman–Crippen LogP) is 7.65. The molecule has 2 aliphatic heterocycles. The average Bonchev–Trinajstić information content (AvgIpc) is 3.92. The van der Waals surface area contributed by atoms with Crippen molar-refractivity contribution in [2.45, 2.75) is 139 Å². The summed E-state index contributed by atoms with van der Waals surface area (Å²) in [5, 5.41) is 15.4. The molecule has 2 bridgehead atoms. The molecule has 7 fully saturated rings. The molecule has 10 rings (SSSR count). The molecule has 0 unspecified atom stereocenters. The maximum absolute atomic E-state index is 14.0. The van der Waals surface area contributed by atoms with Crippen LogP contribution in [-0.2, 0) is 25.2 Å².